The van der Waals surface area contributed by atoms with Crippen LogP contribution >= 0.6 is 0 Å². The molecule has 1 aromatic rings. The van der Waals surface area contributed by atoms with Gasteiger partial charge in [0.1, 0.15) is 0 Å². The fraction of sp³-hybridized carbons (Fsp3) is 0.692. The van der Waals surface area contributed by atoms with E-state index in [0.29, 0.717) is 18.4 Å². The SMILES string of the molecule is O=C(C1CC1)N1CCCC(C(=O)N2CCN(Cc3ccccc3)C3(CCCCC3)C2)C1. The number of amides is 2. The third-order valence-corrected chi connectivity index (χ3v) is 8.12. The first-order chi connectivity index (χ1) is 15.1. The van der Waals surface area contributed by atoms with Crippen molar-refractivity contribution in [3.05, 3.63) is 35.9 Å². The van der Waals surface area contributed by atoms with Crippen LogP contribution in [0.2, 0.25) is 0 Å². The number of hydrogen-bond acceptors (Lipinski definition) is 3. The predicted molar refractivity (Wildman–Crippen MR) is 121 cm³/mol. The topological polar surface area (TPSA) is 43.9 Å². The summed E-state index contributed by atoms with van der Waals surface area (Å²) in [5, 5.41) is 0. The number of carbonyl (C=O) groups is 2. The standard InChI is InChI=1S/C26H37N3O2/c30-24(22-11-12-22)27-15-7-10-23(19-27)25(31)28-16-17-29(18-21-8-3-1-4-9-21)26(20-28)13-5-2-6-14-26/h1,3-4,8-9,22-23H,2,5-7,10-20H2. The van der Waals surface area contributed by atoms with E-state index in [1.54, 1.807) is 0 Å². The molecule has 1 atom stereocenters. The van der Waals surface area contributed by atoms with Crippen molar-refractivity contribution in [2.24, 2.45) is 11.8 Å². The molecule has 2 aliphatic carbocycles. The van der Waals surface area contributed by atoms with Crippen LogP contribution in [-0.4, -0.2) is 64.8 Å². The van der Waals surface area contributed by atoms with E-state index in [4.69, 9.17) is 0 Å². The number of likely N-dealkylation sites (tertiary alicyclic amines) is 1. The van der Waals surface area contributed by atoms with Gasteiger partial charge in [-0.15, -0.1) is 0 Å². The van der Waals surface area contributed by atoms with Gasteiger partial charge in [0.2, 0.25) is 11.8 Å². The van der Waals surface area contributed by atoms with Crippen LogP contribution in [0.3, 0.4) is 0 Å². The largest absolute Gasteiger partial charge is 0.342 e. The van der Waals surface area contributed by atoms with Crippen LogP contribution in [-0.2, 0) is 16.1 Å². The van der Waals surface area contributed by atoms with Crippen molar-refractivity contribution in [3.8, 4) is 0 Å². The Morgan fingerprint density at radius 2 is 1.55 bits per heavy atom. The van der Waals surface area contributed by atoms with E-state index >= 15 is 0 Å². The minimum atomic E-state index is -0.00207. The molecule has 31 heavy (non-hydrogen) atoms. The normalized spacial score (nSPS) is 26.8. The number of piperazine rings is 1. The molecule has 0 N–H and O–H groups in total. The molecular formula is C26H37N3O2. The summed E-state index contributed by atoms with van der Waals surface area (Å²) < 4.78 is 0. The zero-order valence-corrected chi connectivity index (χ0v) is 18.8. The number of benzene rings is 1. The highest BCUT2D eigenvalue weighted by molar-refractivity contribution is 5.83. The molecule has 1 spiro atoms. The smallest absolute Gasteiger partial charge is 0.227 e. The molecule has 5 rings (SSSR count). The summed E-state index contributed by atoms with van der Waals surface area (Å²) in [5.41, 5.74) is 1.49. The van der Waals surface area contributed by atoms with Crippen LogP contribution in [0.25, 0.3) is 0 Å². The average molecular weight is 424 g/mol. The Hall–Kier alpha value is -1.88. The summed E-state index contributed by atoms with van der Waals surface area (Å²) in [4.78, 5) is 33.0. The highest BCUT2D eigenvalue weighted by Crippen LogP contribution is 2.38. The lowest BCUT2D eigenvalue weighted by Crippen LogP contribution is -2.64. The highest BCUT2D eigenvalue weighted by atomic mass is 16.2. The van der Waals surface area contributed by atoms with E-state index in [-0.39, 0.29) is 17.4 Å². The Kier molecular flexibility index (Phi) is 6.05. The van der Waals surface area contributed by atoms with Gasteiger partial charge in [0.15, 0.2) is 0 Å². The molecule has 2 heterocycles. The van der Waals surface area contributed by atoms with E-state index in [1.807, 2.05) is 4.90 Å². The molecule has 5 nitrogen and oxygen atoms in total. The molecule has 4 fully saturated rings. The van der Waals surface area contributed by atoms with E-state index in [1.165, 1.54) is 37.7 Å². The first-order valence-corrected chi connectivity index (χ1v) is 12.5. The third-order valence-electron chi connectivity index (χ3n) is 8.12. The summed E-state index contributed by atoms with van der Waals surface area (Å²) >= 11 is 0. The summed E-state index contributed by atoms with van der Waals surface area (Å²) in [7, 11) is 0. The lowest BCUT2D eigenvalue weighted by Gasteiger charge is -2.53. The molecule has 168 valence electrons. The van der Waals surface area contributed by atoms with Gasteiger partial charge in [-0.25, -0.2) is 0 Å². The molecule has 2 aliphatic heterocycles. The van der Waals surface area contributed by atoms with Crippen molar-refractivity contribution in [2.75, 3.05) is 32.7 Å². The van der Waals surface area contributed by atoms with E-state index in [2.05, 4.69) is 40.1 Å². The van der Waals surface area contributed by atoms with Gasteiger partial charge in [-0.1, -0.05) is 49.6 Å². The molecule has 1 unspecified atom stereocenters. The molecule has 2 amide bonds. The molecule has 0 bridgehead atoms. The number of piperidine rings is 1. The van der Waals surface area contributed by atoms with Crippen LogP contribution in [0.15, 0.2) is 30.3 Å². The summed E-state index contributed by atoms with van der Waals surface area (Å²) in [5.74, 6) is 0.852. The van der Waals surface area contributed by atoms with Gasteiger partial charge in [-0.2, -0.15) is 0 Å². The average Bonchev–Trinajstić information content (AvgIpc) is 3.66. The maximum atomic E-state index is 13.6. The van der Waals surface area contributed by atoms with Crippen molar-refractivity contribution >= 4 is 11.8 Å². The second-order valence-corrected chi connectivity index (χ2v) is 10.3. The maximum Gasteiger partial charge on any atom is 0.227 e. The Labute approximate surface area is 186 Å². The molecule has 2 saturated heterocycles. The number of carbonyl (C=O) groups excluding carboxylic acids is 2. The van der Waals surface area contributed by atoms with Crippen LogP contribution < -0.4 is 0 Å². The third kappa shape index (κ3) is 4.52. The fourth-order valence-electron chi connectivity index (χ4n) is 6.16. The van der Waals surface area contributed by atoms with Crippen molar-refractivity contribution in [2.45, 2.75) is 69.9 Å². The molecule has 2 saturated carbocycles. The zero-order chi connectivity index (χ0) is 21.3. The lowest BCUT2D eigenvalue weighted by atomic mass is 9.78. The Morgan fingerprint density at radius 1 is 0.806 bits per heavy atom. The quantitative estimate of drug-likeness (QED) is 0.742. The second-order valence-electron chi connectivity index (χ2n) is 10.3. The first-order valence-electron chi connectivity index (χ1n) is 12.5. The summed E-state index contributed by atoms with van der Waals surface area (Å²) in [6.45, 7) is 5.11. The first kappa shape index (κ1) is 21.0. The van der Waals surface area contributed by atoms with Crippen LogP contribution in [0, 0.1) is 11.8 Å². The van der Waals surface area contributed by atoms with Crippen LogP contribution in [0.4, 0.5) is 0 Å². The fourth-order valence-corrected chi connectivity index (χ4v) is 6.16. The molecule has 0 aromatic heterocycles. The van der Waals surface area contributed by atoms with Crippen molar-refractivity contribution in [1.29, 1.82) is 0 Å². The number of rotatable bonds is 4. The van der Waals surface area contributed by atoms with Crippen LogP contribution in [0.1, 0.15) is 63.4 Å². The van der Waals surface area contributed by atoms with Gasteiger partial charge < -0.3 is 9.80 Å². The van der Waals surface area contributed by atoms with Gasteiger partial charge in [0, 0.05) is 50.7 Å². The molecule has 0 radical (unpaired) electrons. The van der Waals surface area contributed by atoms with Gasteiger partial charge in [0.05, 0.1) is 5.92 Å². The van der Waals surface area contributed by atoms with Gasteiger partial charge in [0.25, 0.3) is 0 Å². The Morgan fingerprint density at radius 3 is 2.29 bits per heavy atom. The van der Waals surface area contributed by atoms with Gasteiger partial charge >= 0.3 is 0 Å². The second kappa shape index (κ2) is 8.93. The molecule has 4 aliphatic rings. The van der Waals surface area contributed by atoms with Gasteiger partial charge in [-0.3, -0.25) is 14.5 Å². The van der Waals surface area contributed by atoms with Crippen molar-refractivity contribution in [3.63, 3.8) is 0 Å². The molecular weight excluding hydrogens is 386 g/mol. The number of nitrogens with zero attached hydrogens (tertiary/aromatic N) is 3. The summed E-state index contributed by atoms with van der Waals surface area (Å²) in [6.07, 6.45) is 10.2. The van der Waals surface area contributed by atoms with Crippen LogP contribution in [0.5, 0.6) is 0 Å². The Balaban J connectivity index is 1.27. The van der Waals surface area contributed by atoms with E-state index < -0.39 is 0 Å². The molecule has 1 aromatic carbocycles. The maximum absolute atomic E-state index is 13.6. The van der Waals surface area contributed by atoms with E-state index in [0.717, 1.165) is 58.4 Å². The molecule has 5 heteroatoms. The predicted octanol–water partition coefficient (Wildman–Crippen LogP) is 3.68. The van der Waals surface area contributed by atoms with Gasteiger partial charge in [-0.05, 0) is 44.1 Å². The monoisotopic (exact) mass is 423 g/mol. The van der Waals surface area contributed by atoms with E-state index in [9.17, 15) is 9.59 Å². The lowest BCUT2D eigenvalue weighted by molar-refractivity contribution is -0.147. The number of hydrogen-bond donors (Lipinski definition) is 0. The Bertz CT molecular complexity index is 785. The minimum absolute atomic E-state index is 0.00207. The van der Waals surface area contributed by atoms with Crippen molar-refractivity contribution < 1.29 is 9.59 Å². The summed E-state index contributed by atoms with van der Waals surface area (Å²) in [6, 6.07) is 10.8. The minimum Gasteiger partial charge on any atom is -0.342 e. The van der Waals surface area contributed by atoms with Crippen molar-refractivity contribution in [1.82, 2.24) is 14.7 Å². The highest BCUT2D eigenvalue weighted by Gasteiger charge is 2.45. The zero-order valence-electron chi connectivity index (χ0n) is 18.8.